The average molecular weight is 394 g/mol. The van der Waals surface area contributed by atoms with E-state index in [9.17, 15) is 4.79 Å². The van der Waals surface area contributed by atoms with Crippen LogP contribution in [0.25, 0.3) is 16.9 Å². The Bertz CT molecular complexity index is 1310. The van der Waals surface area contributed by atoms with Crippen LogP contribution in [0, 0.1) is 0 Å². The van der Waals surface area contributed by atoms with Gasteiger partial charge in [-0.05, 0) is 42.5 Å². The van der Waals surface area contributed by atoms with Crippen LogP contribution in [0.2, 0.25) is 0 Å². The van der Waals surface area contributed by atoms with Crippen LogP contribution < -0.4 is 10.6 Å². The SMILES string of the molecule is O=c1[nH]c2ccccc2n1-c1ncccc1CN(c1cccnc1)c1cccnc1. The Hall–Kier alpha value is -4.26. The van der Waals surface area contributed by atoms with Crippen molar-refractivity contribution in [3.05, 3.63) is 108 Å². The first-order chi connectivity index (χ1) is 14.8. The maximum Gasteiger partial charge on any atom is 0.332 e. The summed E-state index contributed by atoms with van der Waals surface area (Å²) < 4.78 is 1.62. The van der Waals surface area contributed by atoms with Crippen molar-refractivity contribution in [2.45, 2.75) is 6.54 Å². The number of fused-ring (bicyclic) bond motifs is 1. The molecule has 0 atom stereocenters. The number of imidazole rings is 1. The van der Waals surface area contributed by atoms with Crippen LogP contribution >= 0.6 is 0 Å². The molecule has 0 radical (unpaired) electrons. The van der Waals surface area contributed by atoms with Gasteiger partial charge < -0.3 is 9.88 Å². The number of hydrogen-bond donors (Lipinski definition) is 1. The molecule has 7 heteroatoms. The van der Waals surface area contributed by atoms with Crippen LogP contribution in [0.15, 0.2) is 96.4 Å². The second-order valence-electron chi connectivity index (χ2n) is 6.78. The Morgan fingerprint density at radius 3 is 2.23 bits per heavy atom. The van der Waals surface area contributed by atoms with Crippen molar-refractivity contribution in [2.75, 3.05) is 4.90 Å². The summed E-state index contributed by atoms with van der Waals surface area (Å²) in [5, 5.41) is 0. The number of nitrogens with one attached hydrogen (secondary N) is 1. The molecule has 0 saturated carbocycles. The van der Waals surface area contributed by atoms with Crippen LogP contribution in [0.4, 0.5) is 11.4 Å². The summed E-state index contributed by atoms with van der Waals surface area (Å²) in [6.45, 7) is 0.493. The summed E-state index contributed by atoms with van der Waals surface area (Å²) >= 11 is 0. The maximum atomic E-state index is 12.8. The number of benzene rings is 1. The molecule has 0 aliphatic rings. The molecule has 0 aliphatic carbocycles. The fraction of sp³-hybridized carbons (Fsp3) is 0.0435. The predicted octanol–water partition coefficient (Wildman–Crippen LogP) is 3.84. The number of rotatable bonds is 5. The van der Waals surface area contributed by atoms with Gasteiger partial charge >= 0.3 is 5.69 Å². The van der Waals surface area contributed by atoms with Gasteiger partial charge in [-0.15, -0.1) is 0 Å². The first kappa shape index (κ1) is 17.8. The van der Waals surface area contributed by atoms with Gasteiger partial charge in [0.2, 0.25) is 0 Å². The zero-order valence-corrected chi connectivity index (χ0v) is 16.0. The highest BCUT2D eigenvalue weighted by atomic mass is 16.1. The van der Waals surface area contributed by atoms with Crippen molar-refractivity contribution < 1.29 is 0 Å². The van der Waals surface area contributed by atoms with E-state index < -0.39 is 0 Å². The monoisotopic (exact) mass is 394 g/mol. The van der Waals surface area contributed by atoms with Crippen LogP contribution in [-0.4, -0.2) is 24.5 Å². The summed E-state index contributed by atoms with van der Waals surface area (Å²) in [5.74, 6) is 0.595. The Morgan fingerprint density at radius 1 is 0.833 bits per heavy atom. The van der Waals surface area contributed by atoms with Crippen molar-refractivity contribution in [2.24, 2.45) is 0 Å². The van der Waals surface area contributed by atoms with Gasteiger partial charge in [0.25, 0.3) is 0 Å². The Morgan fingerprint density at radius 2 is 1.53 bits per heavy atom. The number of aromatic amines is 1. The van der Waals surface area contributed by atoms with Crippen LogP contribution in [0.1, 0.15) is 5.56 Å². The van der Waals surface area contributed by atoms with Crippen LogP contribution in [-0.2, 0) is 6.54 Å². The molecule has 0 amide bonds. The van der Waals surface area contributed by atoms with Crippen LogP contribution in [0.3, 0.4) is 0 Å². The standard InChI is InChI=1S/C23H18N6O/c30-23-27-20-9-1-2-10-21(20)29(23)22-17(6-3-13-26-22)16-28(18-7-4-11-24-14-18)19-8-5-12-25-15-19/h1-15H,16H2,(H,27,30). The van der Waals surface area contributed by atoms with Gasteiger partial charge in [-0.1, -0.05) is 18.2 Å². The fourth-order valence-electron chi connectivity index (χ4n) is 3.55. The first-order valence-electron chi connectivity index (χ1n) is 9.53. The van der Waals surface area contributed by atoms with E-state index in [-0.39, 0.29) is 5.69 Å². The summed E-state index contributed by atoms with van der Waals surface area (Å²) in [5.41, 5.74) is 4.09. The van der Waals surface area contributed by atoms with Crippen molar-refractivity contribution in [1.29, 1.82) is 0 Å². The third kappa shape index (κ3) is 3.22. The predicted molar refractivity (Wildman–Crippen MR) is 116 cm³/mol. The molecular weight excluding hydrogens is 376 g/mol. The normalized spacial score (nSPS) is 10.9. The smallest absolute Gasteiger partial charge is 0.332 e. The van der Waals surface area contributed by atoms with E-state index in [0.717, 1.165) is 28.0 Å². The van der Waals surface area contributed by atoms with E-state index in [0.29, 0.717) is 12.4 Å². The molecule has 30 heavy (non-hydrogen) atoms. The minimum atomic E-state index is -0.217. The molecule has 0 bridgehead atoms. The first-order valence-corrected chi connectivity index (χ1v) is 9.53. The van der Waals surface area contributed by atoms with E-state index >= 15 is 0 Å². The number of hydrogen-bond acceptors (Lipinski definition) is 5. The number of para-hydroxylation sites is 2. The van der Waals surface area contributed by atoms with Gasteiger partial charge in [0.15, 0.2) is 0 Å². The van der Waals surface area contributed by atoms with E-state index in [1.165, 1.54) is 0 Å². The van der Waals surface area contributed by atoms with E-state index in [1.807, 2.05) is 60.7 Å². The van der Waals surface area contributed by atoms with E-state index in [2.05, 4.69) is 24.8 Å². The molecule has 1 N–H and O–H groups in total. The summed E-state index contributed by atoms with van der Waals surface area (Å²) in [6.07, 6.45) is 8.80. The topological polar surface area (TPSA) is 79.7 Å². The van der Waals surface area contributed by atoms with E-state index in [4.69, 9.17) is 0 Å². The number of H-pyrrole nitrogens is 1. The quantitative estimate of drug-likeness (QED) is 0.490. The molecule has 146 valence electrons. The molecule has 0 aliphatic heterocycles. The lowest BCUT2D eigenvalue weighted by Gasteiger charge is -2.25. The molecule has 4 aromatic heterocycles. The zero-order valence-electron chi connectivity index (χ0n) is 16.0. The van der Waals surface area contributed by atoms with E-state index in [1.54, 1.807) is 35.6 Å². The highest BCUT2D eigenvalue weighted by Crippen LogP contribution is 2.27. The molecule has 7 nitrogen and oxygen atoms in total. The van der Waals surface area contributed by atoms with Gasteiger partial charge in [0, 0.05) is 24.2 Å². The molecule has 4 heterocycles. The molecule has 0 saturated heterocycles. The number of pyridine rings is 3. The van der Waals surface area contributed by atoms with Gasteiger partial charge in [-0.25, -0.2) is 14.3 Å². The van der Waals surface area contributed by atoms with Gasteiger partial charge in [-0.3, -0.25) is 9.97 Å². The third-order valence-electron chi connectivity index (χ3n) is 4.91. The average Bonchev–Trinajstić information content (AvgIpc) is 3.14. The molecule has 0 unspecified atom stereocenters. The molecular formula is C23H18N6O. The lowest BCUT2D eigenvalue weighted by atomic mass is 10.2. The highest BCUT2D eigenvalue weighted by Gasteiger charge is 2.17. The second kappa shape index (κ2) is 7.63. The Kier molecular flexibility index (Phi) is 4.53. The molecule has 5 rings (SSSR count). The summed E-state index contributed by atoms with van der Waals surface area (Å²) in [6, 6.07) is 19.2. The van der Waals surface area contributed by atoms with Crippen molar-refractivity contribution in [3.8, 4) is 5.82 Å². The Balaban J connectivity index is 1.64. The number of aromatic nitrogens is 5. The minimum Gasteiger partial charge on any atom is -0.334 e. The van der Waals surface area contributed by atoms with Crippen LogP contribution in [0.5, 0.6) is 0 Å². The molecule has 0 fully saturated rings. The van der Waals surface area contributed by atoms with Gasteiger partial charge in [-0.2, -0.15) is 0 Å². The molecule has 5 aromatic rings. The number of anilines is 2. The summed E-state index contributed by atoms with van der Waals surface area (Å²) in [7, 11) is 0. The van der Waals surface area contributed by atoms with Gasteiger partial charge in [0.05, 0.1) is 41.3 Å². The zero-order chi connectivity index (χ0) is 20.3. The largest absolute Gasteiger partial charge is 0.334 e. The maximum absolute atomic E-state index is 12.8. The summed E-state index contributed by atoms with van der Waals surface area (Å²) in [4.78, 5) is 30.8. The van der Waals surface area contributed by atoms with Crippen molar-refractivity contribution in [3.63, 3.8) is 0 Å². The third-order valence-corrected chi connectivity index (χ3v) is 4.91. The highest BCUT2D eigenvalue weighted by molar-refractivity contribution is 5.77. The lowest BCUT2D eigenvalue weighted by molar-refractivity contribution is 0.893. The molecule has 1 aromatic carbocycles. The second-order valence-corrected chi connectivity index (χ2v) is 6.78. The van der Waals surface area contributed by atoms with Crippen molar-refractivity contribution in [1.82, 2.24) is 24.5 Å². The fourth-order valence-corrected chi connectivity index (χ4v) is 3.55. The van der Waals surface area contributed by atoms with Crippen molar-refractivity contribution >= 4 is 22.4 Å². The Labute approximate surface area is 172 Å². The number of nitrogens with zero attached hydrogens (tertiary/aromatic N) is 5. The molecule has 0 spiro atoms. The minimum absolute atomic E-state index is 0.217. The lowest BCUT2D eigenvalue weighted by Crippen LogP contribution is -2.22. The van der Waals surface area contributed by atoms with Gasteiger partial charge in [0.1, 0.15) is 5.82 Å².